The molecule has 1 saturated heterocycles. The van der Waals surface area contributed by atoms with Gasteiger partial charge in [-0.3, -0.25) is 0 Å². The number of rotatable bonds is 3. The maximum Gasteiger partial charge on any atom is 0.0692 e. The number of ether oxygens (including phenoxy) is 1. The number of thioether (sulfide) groups is 1. The standard InChI is InChI=1S/C13H18O2S/c1-10-2-3-13(11(8-10)9-14)16-12-4-6-15-7-5-12/h2-3,8,12,14H,4-7,9H2,1H3. The van der Waals surface area contributed by atoms with Crippen LogP contribution in [0.15, 0.2) is 23.1 Å². The second kappa shape index (κ2) is 5.71. The summed E-state index contributed by atoms with van der Waals surface area (Å²) in [7, 11) is 0. The van der Waals surface area contributed by atoms with Gasteiger partial charge in [-0.05, 0) is 31.4 Å². The van der Waals surface area contributed by atoms with Gasteiger partial charge in [0.1, 0.15) is 0 Å². The molecule has 1 aliphatic rings. The quantitative estimate of drug-likeness (QED) is 0.878. The lowest BCUT2D eigenvalue weighted by atomic mass is 10.1. The van der Waals surface area contributed by atoms with Gasteiger partial charge >= 0.3 is 0 Å². The Kier molecular flexibility index (Phi) is 4.27. The highest BCUT2D eigenvalue weighted by Gasteiger charge is 2.16. The fourth-order valence-electron chi connectivity index (χ4n) is 1.92. The van der Waals surface area contributed by atoms with Crippen LogP contribution in [0.5, 0.6) is 0 Å². The molecule has 2 rings (SSSR count). The molecule has 1 heterocycles. The Labute approximate surface area is 101 Å². The molecular formula is C13H18O2S. The van der Waals surface area contributed by atoms with Gasteiger partial charge in [0.05, 0.1) is 6.61 Å². The summed E-state index contributed by atoms with van der Waals surface area (Å²) < 4.78 is 5.35. The average molecular weight is 238 g/mol. The molecule has 0 saturated carbocycles. The SMILES string of the molecule is Cc1ccc(SC2CCOCC2)c(CO)c1. The van der Waals surface area contributed by atoms with Crippen LogP contribution in [-0.2, 0) is 11.3 Å². The van der Waals surface area contributed by atoms with Crippen LogP contribution in [0.4, 0.5) is 0 Å². The van der Waals surface area contributed by atoms with E-state index in [-0.39, 0.29) is 6.61 Å². The largest absolute Gasteiger partial charge is 0.392 e. The van der Waals surface area contributed by atoms with Crippen LogP contribution in [0.25, 0.3) is 0 Å². The van der Waals surface area contributed by atoms with Crippen LogP contribution in [0.3, 0.4) is 0 Å². The molecule has 1 N–H and O–H groups in total. The second-order valence-corrected chi connectivity index (χ2v) is 5.54. The zero-order valence-corrected chi connectivity index (χ0v) is 10.4. The zero-order valence-electron chi connectivity index (χ0n) is 9.61. The monoisotopic (exact) mass is 238 g/mol. The van der Waals surface area contributed by atoms with Gasteiger partial charge in [-0.2, -0.15) is 0 Å². The molecule has 1 aliphatic heterocycles. The van der Waals surface area contributed by atoms with Crippen LogP contribution in [0.1, 0.15) is 24.0 Å². The normalized spacial score (nSPS) is 17.6. The second-order valence-electron chi connectivity index (χ2n) is 4.20. The van der Waals surface area contributed by atoms with E-state index in [0.29, 0.717) is 5.25 Å². The molecule has 0 atom stereocenters. The molecule has 1 fully saturated rings. The Balaban J connectivity index is 2.07. The highest BCUT2D eigenvalue weighted by molar-refractivity contribution is 8.00. The van der Waals surface area contributed by atoms with Gasteiger partial charge in [0.15, 0.2) is 0 Å². The fraction of sp³-hybridized carbons (Fsp3) is 0.538. The summed E-state index contributed by atoms with van der Waals surface area (Å²) >= 11 is 1.88. The summed E-state index contributed by atoms with van der Waals surface area (Å²) in [5, 5.41) is 9.97. The molecule has 1 aromatic carbocycles. The van der Waals surface area contributed by atoms with E-state index in [1.165, 1.54) is 10.5 Å². The molecule has 0 bridgehead atoms. The van der Waals surface area contributed by atoms with E-state index in [1.54, 1.807) is 0 Å². The topological polar surface area (TPSA) is 29.5 Å². The number of aryl methyl sites for hydroxylation is 1. The Hall–Kier alpha value is -0.510. The van der Waals surface area contributed by atoms with Crippen molar-refractivity contribution >= 4 is 11.8 Å². The lowest BCUT2D eigenvalue weighted by molar-refractivity contribution is 0.1000. The summed E-state index contributed by atoms with van der Waals surface area (Å²) in [5.41, 5.74) is 2.26. The third-order valence-electron chi connectivity index (χ3n) is 2.85. The molecule has 0 unspecified atom stereocenters. The third kappa shape index (κ3) is 3.00. The average Bonchev–Trinajstić information content (AvgIpc) is 2.33. The number of hydrogen-bond donors (Lipinski definition) is 1. The minimum Gasteiger partial charge on any atom is -0.392 e. The Bertz CT molecular complexity index is 346. The summed E-state index contributed by atoms with van der Waals surface area (Å²) in [6, 6.07) is 6.31. The van der Waals surface area contributed by atoms with Gasteiger partial charge in [-0.25, -0.2) is 0 Å². The van der Waals surface area contributed by atoms with Crippen LogP contribution >= 0.6 is 11.8 Å². The highest BCUT2D eigenvalue weighted by Crippen LogP contribution is 2.32. The fourth-order valence-corrected chi connectivity index (χ4v) is 3.13. The molecule has 0 spiro atoms. The first kappa shape index (κ1) is 12.0. The lowest BCUT2D eigenvalue weighted by Gasteiger charge is -2.22. The Morgan fingerprint density at radius 1 is 1.38 bits per heavy atom. The number of benzene rings is 1. The Morgan fingerprint density at radius 2 is 2.12 bits per heavy atom. The van der Waals surface area contributed by atoms with Crippen molar-refractivity contribution in [2.75, 3.05) is 13.2 Å². The van der Waals surface area contributed by atoms with Gasteiger partial charge in [-0.15, -0.1) is 11.8 Å². The predicted molar refractivity (Wildman–Crippen MR) is 66.8 cm³/mol. The van der Waals surface area contributed by atoms with Crippen LogP contribution < -0.4 is 0 Å². The van der Waals surface area contributed by atoms with Crippen molar-refractivity contribution in [2.24, 2.45) is 0 Å². The molecule has 3 heteroatoms. The van der Waals surface area contributed by atoms with E-state index in [2.05, 4.69) is 25.1 Å². The zero-order chi connectivity index (χ0) is 11.4. The van der Waals surface area contributed by atoms with Crippen molar-refractivity contribution in [3.05, 3.63) is 29.3 Å². The minimum absolute atomic E-state index is 0.132. The molecular weight excluding hydrogens is 220 g/mol. The highest BCUT2D eigenvalue weighted by atomic mass is 32.2. The number of hydrogen-bond acceptors (Lipinski definition) is 3. The van der Waals surface area contributed by atoms with E-state index < -0.39 is 0 Å². The maximum atomic E-state index is 9.33. The molecule has 2 nitrogen and oxygen atoms in total. The van der Waals surface area contributed by atoms with E-state index in [0.717, 1.165) is 31.6 Å². The van der Waals surface area contributed by atoms with Gasteiger partial charge in [0.2, 0.25) is 0 Å². The van der Waals surface area contributed by atoms with E-state index in [4.69, 9.17) is 4.74 Å². The smallest absolute Gasteiger partial charge is 0.0692 e. The van der Waals surface area contributed by atoms with Crippen LogP contribution in [-0.4, -0.2) is 23.6 Å². The first-order valence-corrected chi connectivity index (χ1v) is 6.62. The van der Waals surface area contributed by atoms with Crippen LogP contribution in [0.2, 0.25) is 0 Å². The lowest BCUT2D eigenvalue weighted by Crippen LogP contribution is -2.17. The summed E-state index contributed by atoms with van der Waals surface area (Å²) in [5.74, 6) is 0. The minimum atomic E-state index is 0.132. The maximum absolute atomic E-state index is 9.33. The van der Waals surface area contributed by atoms with Gasteiger partial charge in [0, 0.05) is 23.4 Å². The van der Waals surface area contributed by atoms with Crippen molar-refractivity contribution in [3.8, 4) is 0 Å². The van der Waals surface area contributed by atoms with Gasteiger partial charge in [-0.1, -0.05) is 17.7 Å². The molecule has 0 aliphatic carbocycles. The van der Waals surface area contributed by atoms with Gasteiger partial charge in [0.25, 0.3) is 0 Å². The van der Waals surface area contributed by atoms with E-state index in [1.807, 2.05) is 11.8 Å². The Morgan fingerprint density at radius 3 is 2.81 bits per heavy atom. The first-order valence-electron chi connectivity index (χ1n) is 5.74. The summed E-state index contributed by atoms with van der Waals surface area (Å²) in [6.07, 6.45) is 2.23. The third-order valence-corrected chi connectivity index (χ3v) is 4.31. The van der Waals surface area contributed by atoms with Crippen molar-refractivity contribution in [1.82, 2.24) is 0 Å². The molecule has 0 aromatic heterocycles. The molecule has 1 aromatic rings. The molecule has 88 valence electrons. The molecule has 16 heavy (non-hydrogen) atoms. The van der Waals surface area contributed by atoms with Crippen molar-refractivity contribution < 1.29 is 9.84 Å². The van der Waals surface area contributed by atoms with Crippen LogP contribution in [0, 0.1) is 6.92 Å². The first-order chi connectivity index (χ1) is 7.79. The van der Waals surface area contributed by atoms with Gasteiger partial charge < -0.3 is 9.84 Å². The van der Waals surface area contributed by atoms with Crippen molar-refractivity contribution in [2.45, 2.75) is 36.5 Å². The molecule has 0 radical (unpaired) electrons. The van der Waals surface area contributed by atoms with E-state index >= 15 is 0 Å². The van der Waals surface area contributed by atoms with E-state index in [9.17, 15) is 5.11 Å². The molecule has 0 amide bonds. The van der Waals surface area contributed by atoms with Crippen molar-refractivity contribution in [3.63, 3.8) is 0 Å². The van der Waals surface area contributed by atoms with Crippen molar-refractivity contribution in [1.29, 1.82) is 0 Å². The summed E-state index contributed by atoms with van der Waals surface area (Å²) in [4.78, 5) is 1.22. The number of aliphatic hydroxyl groups excluding tert-OH is 1. The predicted octanol–water partition coefficient (Wildman–Crippen LogP) is 2.76. The number of aliphatic hydroxyl groups is 1. The summed E-state index contributed by atoms with van der Waals surface area (Å²) in [6.45, 7) is 3.94.